The van der Waals surface area contributed by atoms with Crippen LogP contribution >= 0.6 is 0 Å². The van der Waals surface area contributed by atoms with Gasteiger partial charge < -0.3 is 10.4 Å². The number of fused-ring (bicyclic) bond motifs is 4. The molecule has 1 saturated carbocycles. The van der Waals surface area contributed by atoms with Crippen LogP contribution in [-0.2, 0) is 0 Å². The normalized spacial score (nSPS) is 49.8. The largest absolute Gasteiger partial charge is 0.371 e. The number of nitrogens with one attached hydrogen (secondary N) is 2. The van der Waals surface area contributed by atoms with Gasteiger partial charge in [-0.1, -0.05) is 32.1 Å². The Hall–Kier alpha value is -0.900. The minimum Gasteiger partial charge on any atom is -0.371 e. The molecule has 0 aliphatic heterocycles. The Labute approximate surface area is 146 Å². The molecule has 132 valence electrons. The molecular formula is C21H32N2O. The van der Waals surface area contributed by atoms with Crippen molar-refractivity contribution >= 4 is 0 Å². The van der Waals surface area contributed by atoms with E-state index in [0.29, 0.717) is 12.0 Å². The lowest BCUT2D eigenvalue weighted by atomic mass is 9.49. The van der Waals surface area contributed by atoms with E-state index in [1.807, 2.05) is 13.1 Å². The Balaban J connectivity index is 1.87. The molecule has 1 fully saturated rings. The Kier molecular flexibility index (Phi) is 3.66. The fraction of sp³-hybridized carbons (Fsp3) is 0.714. The first kappa shape index (κ1) is 16.6. The number of hydrogen-bond donors (Lipinski definition) is 3. The number of aliphatic hydroxyl groups is 1. The van der Waals surface area contributed by atoms with Gasteiger partial charge in [-0.05, 0) is 80.7 Å². The Morgan fingerprint density at radius 1 is 1.17 bits per heavy atom. The smallest absolute Gasteiger partial charge is 0.144 e. The van der Waals surface area contributed by atoms with Crippen molar-refractivity contribution in [2.75, 3.05) is 14.1 Å². The van der Waals surface area contributed by atoms with Gasteiger partial charge in [-0.15, -0.1) is 0 Å². The van der Waals surface area contributed by atoms with Crippen LogP contribution in [0, 0.1) is 22.7 Å². The van der Waals surface area contributed by atoms with Crippen LogP contribution in [0.2, 0.25) is 0 Å². The van der Waals surface area contributed by atoms with Gasteiger partial charge in [-0.25, -0.2) is 0 Å². The number of likely N-dealkylation sites (N-methyl/N-ethyl adjacent to an activating group) is 2. The lowest BCUT2D eigenvalue weighted by Crippen LogP contribution is -2.57. The van der Waals surface area contributed by atoms with Crippen molar-refractivity contribution in [2.24, 2.45) is 22.7 Å². The van der Waals surface area contributed by atoms with Gasteiger partial charge in [-0.2, -0.15) is 0 Å². The molecule has 4 rings (SSSR count). The molecule has 0 saturated heterocycles. The minimum absolute atomic E-state index is 0.218. The molecule has 3 nitrogen and oxygen atoms in total. The lowest BCUT2D eigenvalue weighted by molar-refractivity contribution is -0.0464. The van der Waals surface area contributed by atoms with Crippen molar-refractivity contribution < 1.29 is 5.11 Å². The first-order valence-corrected chi connectivity index (χ1v) is 9.59. The summed E-state index contributed by atoms with van der Waals surface area (Å²) < 4.78 is 0. The van der Waals surface area contributed by atoms with Crippen LogP contribution in [0.5, 0.6) is 0 Å². The van der Waals surface area contributed by atoms with Crippen LogP contribution < -0.4 is 10.6 Å². The summed E-state index contributed by atoms with van der Waals surface area (Å²) in [4.78, 5) is 0. The molecule has 0 amide bonds. The molecule has 0 aromatic rings. The summed E-state index contributed by atoms with van der Waals surface area (Å²) in [6.45, 7) is 4.72. The number of hydrogen-bond acceptors (Lipinski definition) is 3. The van der Waals surface area contributed by atoms with Gasteiger partial charge in [0.25, 0.3) is 0 Å². The predicted octanol–water partition coefficient (Wildman–Crippen LogP) is 3.14. The maximum atomic E-state index is 11.1. The average Bonchev–Trinajstić information content (AvgIpc) is 2.86. The van der Waals surface area contributed by atoms with E-state index in [0.717, 1.165) is 18.8 Å². The zero-order valence-electron chi connectivity index (χ0n) is 15.5. The van der Waals surface area contributed by atoms with Crippen molar-refractivity contribution in [3.63, 3.8) is 0 Å². The standard InChI is InChI=1S/C21H32N2O/c1-19-10-6-5-7-14(19)13-17(22-3)18-15(19)8-11-20(2)16(18)9-12-21(20,24)23-4/h6,9-10,12,14-15,17,22-24H,5,7-8,11,13H2,1-4H3/t14?,15-,17?,19+,20+,21?/m1/s1. The summed E-state index contributed by atoms with van der Waals surface area (Å²) in [5.74, 6) is 1.37. The summed E-state index contributed by atoms with van der Waals surface area (Å²) in [6.07, 6.45) is 15.1. The van der Waals surface area contributed by atoms with Gasteiger partial charge in [0, 0.05) is 11.5 Å². The monoisotopic (exact) mass is 328 g/mol. The molecule has 0 radical (unpaired) electrons. The molecule has 0 aromatic heterocycles. The molecule has 4 aliphatic rings. The molecule has 24 heavy (non-hydrogen) atoms. The highest BCUT2D eigenvalue weighted by atomic mass is 16.3. The van der Waals surface area contributed by atoms with Crippen LogP contribution in [0.15, 0.2) is 35.5 Å². The second-order valence-corrected chi connectivity index (χ2v) is 8.76. The first-order valence-electron chi connectivity index (χ1n) is 9.59. The zero-order chi connectivity index (χ0) is 17.2. The quantitative estimate of drug-likeness (QED) is 0.539. The van der Waals surface area contributed by atoms with Crippen molar-refractivity contribution in [3.8, 4) is 0 Å². The molecule has 0 heterocycles. The summed E-state index contributed by atoms with van der Waals surface area (Å²) in [6, 6.07) is 0.443. The van der Waals surface area contributed by atoms with Crippen molar-refractivity contribution in [3.05, 3.63) is 35.5 Å². The molecule has 4 aliphatic carbocycles. The highest BCUT2D eigenvalue weighted by Gasteiger charge is 2.58. The van der Waals surface area contributed by atoms with Crippen molar-refractivity contribution in [1.29, 1.82) is 0 Å². The van der Waals surface area contributed by atoms with Crippen molar-refractivity contribution in [1.82, 2.24) is 10.6 Å². The third-order valence-corrected chi connectivity index (χ3v) is 7.96. The lowest BCUT2D eigenvalue weighted by Gasteiger charge is -2.57. The number of allylic oxidation sites excluding steroid dienone is 3. The van der Waals surface area contributed by atoms with E-state index in [-0.39, 0.29) is 10.8 Å². The maximum Gasteiger partial charge on any atom is 0.144 e. The van der Waals surface area contributed by atoms with E-state index in [4.69, 9.17) is 0 Å². The van der Waals surface area contributed by atoms with Crippen LogP contribution in [0.25, 0.3) is 0 Å². The van der Waals surface area contributed by atoms with Gasteiger partial charge in [0.1, 0.15) is 5.72 Å². The second-order valence-electron chi connectivity index (χ2n) is 8.76. The average molecular weight is 328 g/mol. The SMILES string of the molecule is CNC1CC2CCC=C[C@]2(C)[C@@H]2CC[C@@]3(C)C(=C12)C=CC3(O)NC. The van der Waals surface area contributed by atoms with Gasteiger partial charge in [-0.3, -0.25) is 5.32 Å². The van der Waals surface area contributed by atoms with Gasteiger partial charge in [0.05, 0.1) is 0 Å². The van der Waals surface area contributed by atoms with Crippen LogP contribution in [-0.4, -0.2) is 31.0 Å². The molecule has 3 heteroatoms. The predicted molar refractivity (Wildman–Crippen MR) is 98.4 cm³/mol. The second kappa shape index (κ2) is 5.30. The summed E-state index contributed by atoms with van der Waals surface area (Å²) in [7, 11) is 3.97. The molecular weight excluding hydrogens is 296 g/mol. The molecule has 3 unspecified atom stereocenters. The highest BCUT2D eigenvalue weighted by molar-refractivity contribution is 5.49. The third-order valence-electron chi connectivity index (χ3n) is 7.96. The van der Waals surface area contributed by atoms with E-state index in [1.165, 1.54) is 24.8 Å². The summed E-state index contributed by atoms with van der Waals surface area (Å²) in [5, 5.41) is 17.9. The van der Waals surface area contributed by atoms with Crippen LogP contribution in [0.4, 0.5) is 0 Å². The minimum atomic E-state index is -0.918. The van der Waals surface area contributed by atoms with Crippen LogP contribution in [0.3, 0.4) is 0 Å². The Bertz CT molecular complexity index is 636. The summed E-state index contributed by atoms with van der Waals surface area (Å²) >= 11 is 0. The number of rotatable bonds is 2. The summed E-state index contributed by atoms with van der Waals surface area (Å²) in [5.41, 5.74) is 2.10. The van der Waals surface area contributed by atoms with Gasteiger partial charge in [0.2, 0.25) is 0 Å². The Morgan fingerprint density at radius 3 is 2.67 bits per heavy atom. The fourth-order valence-electron chi connectivity index (χ4n) is 6.27. The third kappa shape index (κ3) is 1.89. The molecule has 0 aromatic carbocycles. The fourth-order valence-corrected chi connectivity index (χ4v) is 6.27. The molecule has 6 atom stereocenters. The highest BCUT2D eigenvalue weighted by Crippen LogP contribution is 2.62. The topological polar surface area (TPSA) is 44.3 Å². The first-order chi connectivity index (χ1) is 11.4. The van der Waals surface area contributed by atoms with E-state index in [9.17, 15) is 5.11 Å². The molecule has 0 bridgehead atoms. The van der Waals surface area contributed by atoms with E-state index in [2.05, 4.69) is 49.8 Å². The van der Waals surface area contributed by atoms with E-state index in [1.54, 1.807) is 5.57 Å². The van der Waals surface area contributed by atoms with Crippen LogP contribution in [0.1, 0.15) is 46.0 Å². The van der Waals surface area contributed by atoms with Gasteiger partial charge in [0.15, 0.2) is 0 Å². The maximum absolute atomic E-state index is 11.1. The van der Waals surface area contributed by atoms with E-state index >= 15 is 0 Å². The van der Waals surface area contributed by atoms with E-state index < -0.39 is 5.72 Å². The molecule has 0 spiro atoms. The van der Waals surface area contributed by atoms with Crippen molar-refractivity contribution in [2.45, 2.75) is 57.7 Å². The Morgan fingerprint density at radius 2 is 1.96 bits per heavy atom. The molecule has 3 N–H and O–H groups in total. The zero-order valence-corrected chi connectivity index (χ0v) is 15.5. The van der Waals surface area contributed by atoms with Gasteiger partial charge >= 0.3 is 0 Å².